The van der Waals surface area contributed by atoms with Crippen molar-refractivity contribution in [3.63, 3.8) is 0 Å². The van der Waals surface area contributed by atoms with Crippen LogP contribution in [0, 0.1) is 6.92 Å². The second kappa shape index (κ2) is 11.5. The molecule has 0 radical (unpaired) electrons. The smallest absolute Gasteiger partial charge is 0.244 e. The molecule has 1 N–H and O–H groups in total. The number of benzene rings is 2. The Morgan fingerprint density at radius 1 is 1.06 bits per heavy atom. The first-order chi connectivity index (χ1) is 16.2. The van der Waals surface area contributed by atoms with E-state index in [1.54, 1.807) is 18.2 Å². The van der Waals surface area contributed by atoms with Gasteiger partial charge < -0.3 is 10.2 Å². The minimum Gasteiger partial charge on any atom is -0.352 e. The van der Waals surface area contributed by atoms with Crippen LogP contribution in [0.5, 0.6) is 0 Å². The minimum atomic E-state index is -3.72. The fourth-order valence-corrected chi connectivity index (χ4v) is 5.31. The number of carbonyl (C=O) groups excluding carboxylic acids is 2. The summed E-state index contributed by atoms with van der Waals surface area (Å²) in [6.07, 6.45) is 5.60. The Hall–Kier alpha value is -2.87. The maximum Gasteiger partial charge on any atom is 0.244 e. The lowest BCUT2D eigenvalue weighted by molar-refractivity contribution is -0.140. The fraction of sp³-hybridized carbons (Fsp3) is 0.462. The van der Waals surface area contributed by atoms with Crippen LogP contribution in [0.25, 0.3) is 0 Å². The summed E-state index contributed by atoms with van der Waals surface area (Å²) in [5.74, 6) is -0.593. The summed E-state index contributed by atoms with van der Waals surface area (Å²) in [5, 5.41) is 3.11. The van der Waals surface area contributed by atoms with Crippen LogP contribution in [0.1, 0.15) is 50.2 Å². The van der Waals surface area contributed by atoms with Crippen molar-refractivity contribution in [2.75, 3.05) is 17.1 Å². The van der Waals surface area contributed by atoms with Gasteiger partial charge in [-0.15, -0.1) is 0 Å². The predicted octanol–water partition coefficient (Wildman–Crippen LogP) is 3.63. The highest BCUT2D eigenvalue weighted by molar-refractivity contribution is 7.92. The molecule has 34 heavy (non-hydrogen) atoms. The van der Waals surface area contributed by atoms with Gasteiger partial charge >= 0.3 is 0 Å². The highest BCUT2D eigenvalue weighted by Gasteiger charge is 2.32. The first kappa shape index (κ1) is 25.7. The molecule has 7 nitrogen and oxygen atoms in total. The topological polar surface area (TPSA) is 86.8 Å². The number of hydrogen-bond acceptors (Lipinski definition) is 4. The Balaban J connectivity index is 1.90. The number of hydrogen-bond donors (Lipinski definition) is 1. The molecule has 0 spiro atoms. The second-order valence-corrected chi connectivity index (χ2v) is 10.9. The highest BCUT2D eigenvalue weighted by atomic mass is 32.2. The quantitative estimate of drug-likeness (QED) is 0.557. The largest absolute Gasteiger partial charge is 0.352 e. The van der Waals surface area contributed by atoms with Crippen LogP contribution in [0.15, 0.2) is 54.6 Å². The van der Waals surface area contributed by atoms with Gasteiger partial charge in [0.2, 0.25) is 21.8 Å². The van der Waals surface area contributed by atoms with E-state index in [0.717, 1.165) is 47.4 Å². The summed E-state index contributed by atoms with van der Waals surface area (Å²) in [6.45, 7) is 3.59. The monoisotopic (exact) mass is 485 g/mol. The van der Waals surface area contributed by atoms with E-state index >= 15 is 0 Å². The van der Waals surface area contributed by atoms with Crippen LogP contribution in [0.3, 0.4) is 0 Å². The third-order valence-electron chi connectivity index (χ3n) is 6.25. The van der Waals surface area contributed by atoms with Crippen LogP contribution in [-0.2, 0) is 26.2 Å². The van der Waals surface area contributed by atoms with Gasteiger partial charge in [-0.05, 0) is 49.4 Å². The molecule has 184 valence electrons. The zero-order valence-corrected chi connectivity index (χ0v) is 21.1. The normalized spacial score (nSPS) is 15.0. The summed E-state index contributed by atoms with van der Waals surface area (Å²) in [5.41, 5.74) is 2.20. The van der Waals surface area contributed by atoms with E-state index in [4.69, 9.17) is 0 Å². The van der Waals surface area contributed by atoms with Crippen LogP contribution in [0.2, 0.25) is 0 Å². The molecule has 8 heteroatoms. The van der Waals surface area contributed by atoms with Gasteiger partial charge in [-0.3, -0.25) is 13.9 Å². The van der Waals surface area contributed by atoms with E-state index in [9.17, 15) is 18.0 Å². The Bertz CT molecular complexity index is 1080. The Labute approximate surface area is 203 Å². The summed E-state index contributed by atoms with van der Waals surface area (Å²) in [6, 6.07) is 15.9. The van der Waals surface area contributed by atoms with Crippen LogP contribution >= 0.6 is 0 Å². The van der Waals surface area contributed by atoms with Gasteiger partial charge in [-0.1, -0.05) is 62.2 Å². The molecule has 1 aliphatic carbocycles. The number of anilines is 1. The van der Waals surface area contributed by atoms with Crippen molar-refractivity contribution in [1.82, 2.24) is 10.2 Å². The van der Waals surface area contributed by atoms with Crippen molar-refractivity contribution in [3.05, 3.63) is 65.7 Å². The first-order valence-electron chi connectivity index (χ1n) is 11.9. The van der Waals surface area contributed by atoms with E-state index in [1.807, 2.05) is 50.2 Å². The number of carbonyl (C=O) groups is 2. The number of nitrogens with zero attached hydrogens (tertiary/aromatic N) is 2. The van der Waals surface area contributed by atoms with Crippen LogP contribution < -0.4 is 9.62 Å². The number of sulfonamides is 1. The van der Waals surface area contributed by atoms with Crippen molar-refractivity contribution in [1.29, 1.82) is 0 Å². The van der Waals surface area contributed by atoms with Crippen LogP contribution in [-0.4, -0.2) is 50.0 Å². The zero-order valence-electron chi connectivity index (χ0n) is 20.2. The van der Waals surface area contributed by atoms with E-state index < -0.39 is 22.0 Å². The average molecular weight is 486 g/mol. The van der Waals surface area contributed by atoms with Crippen molar-refractivity contribution >= 4 is 27.5 Å². The third-order valence-corrected chi connectivity index (χ3v) is 7.39. The van der Waals surface area contributed by atoms with E-state index in [1.165, 1.54) is 4.90 Å². The predicted molar refractivity (Wildman–Crippen MR) is 135 cm³/mol. The molecule has 0 bridgehead atoms. The molecule has 1 aliphatic rings. The van der Waals surface area contributed by atoms with Crippen molar-refractivity contribution in [2.45, 2.75) is 64.6 Å². The lowest BCUT2D eigenvalue weighted by atomic mass is 10.1. The van der Waals surface area contributed by atoms with Gasteiger partial charge in [0.25, 0.3) is 0 Å². The van der Waals surface area contributed by atoms with E-state index in [-0.39, 0.29) is 25.0 Å². The Kier molecular flexibility index (Phi) is 8.72. The first-order valence-corrected chi connectivity index (χ1v) is 13.7. The summed E-state index contributed by atoms with van der Waals surface area (Å²) in [7, 11) is -3.72. The van der Waals surface area contributed by atoms with Crippen molar-refractivity contribution in [3.8, 4) is 0 Å². The van der Waals surface area contributed by atoms with Crippen molar-refractivity contribution < 1.29 is 18.0 Å². The molecule has 0 aliphatic heterocycles. The third kappa shape index (κ3) is 6.82. The standard InChI is InChI=1S/C26H35N3O4S/c1-4-24(26(31)27-22-14-8-9-15-22)28(18-21-12-6-5-7-13-21)25(30)19-29(34(3,32)33)23-16-10-11-20(2)17-23/h5-7,10-13,16-17,22,24H,4,8-9,14-15,18-19H2,1-3H3,(H,27,31)/t24-/m0/s1. The zero-order chi connectivity index (χ0) is 24.7. The second-order valence-electron chi connectivity index (χ2n) is 9.03. The number of rotatable bonds is 10. The average Bonchev–Trinajstić information content (AvgIpc) is 3.30. The Morgan fingerprint density at radius 3 is 2.32 bits per heavy atom. The number of amides is 2. The maximum atomic E-state index is 13.6. The molecule has 0 unspecified atom stereocenters. The van der Waals surface area contributed by atoms with Gasteiger partial charge in [0.15, 0.2) is 0 Å². The lowest BCUT2D eigenvalue weighted by Crippen LogP contribution is -2.53. The molecule has 0 aromatic heterocycles. The van der Waals surface area contributed by atoms with Gasteiger partial charge in [0, 0.05) is 12.6 Å². The molecule has 1 fully saturated rings. The van der Waals surface area contributed by atoms with Gasteiger partial charge in [0.05, 0.1) is 11.9 Å². The Morgan fingerprint density at radius 2 is 1.74 bits per heavy atom. The van der Waals surface area contributed by atoms with Gasteiger partial charge in [-0.25, -0.2) is 8.42 Å². The van der Waals surface area contributed by atoms with Crippen LogP contribution in [0.4, 0.5) is 5.69 Å². The molecular formula is C26H35N3O4S. The van der Waals surface area contributed by atoms with Gasteiger partial charge in [0.1, 0.15) is 12.6 Å². The highest BCUT2D eigenvalue weighted by Crippen LogP contribution is 2.22. The SMILES string of the molecule is CC[C@@H](C(=O)NC1CCCC1)N(Cc1ccccc1)C(=O)CN(c1cccc(C)c1)S(C)(=O)=O. The molecule has 0 heterocycles. The number of aryl methyl sites for hydroxylation is 1. The molecule has 2 aromatic carbocycles. The molecule has 2 aromatic rings. The number of nitrogens with one attached hydrogen (secondary N) is 1. The summed E-state index contributed by atoms with van der Waals surface area (Å²) >= 11 is 0. The maximum absolute atomic E-state index is 13.6. The lowest BCUT2D eigenvalue weighted by Gasteiger charge is -2.33. The van der Waals surface area contributed by atoms with E-state index in [2.05, 4.69) is 5.32 Å². The molecule has 2 amide bonds. The molecule has 3 rings (SSSR count). The summed E-state index contributed by atoms with van der Waals surface area (Å²) in [4.78, 5) is 28.4. The molecule has 0 saturated heterocycles. The fourth-order valence-electron chi connectivity index (χ4n) is 4.46. The summed E-state index contributed by atoms with van der Waals surface area (Å²) < 4.78 is 26.4. The molecular weight excluding hydrogens is 450 g/mol. The van der Waals surface area contributed by atoms with E-state index in [0.29, 0.717) is 12.1 Å². The van der Waals surface area contributed by atoms with Crippen molar-refractivity contribution in [2.24, 2.45) is 0 Å². The van der Waals surface area contributed by atoms with Gasteiger partial charge in [-0.2, -0.15) is 0 Å². The molecule has 1 atom stereocenters. The minimum absolute atomic E-state index is 0.134. The molecule has 1 saturated carbocycles.